The highest BCUT2D eigenvalue weighted by Crippen LogP contribution is 2.31. The zero-order valence-corrected chi connectivity index (χ0v) is 18.1. The van der Waals surface area contributed by atoms with Crippen molar-refractivity contribution < 1.29 is 19.1 Å². The van der Waals surface area contributed by atoms with Gasteiger partial charge in [0.25, 0.3) is 0 Å². The van der Waals surface area contributed by atoms with Crippen molar-refractivity contribution in [1.82, 2.24) is 4.90 Å². The molecule has 3 amide bonds. The lowest BCUT2D eigenvalue weighted by Crippen LogP contribution is -2.46. The molecule has 0 fully saturated rings. The van der Waals surface area contributed by atoms with Crippen molar-refractivity contribution in [2.75, 3.05) is 42.3 Å². The fourth-order valence-corrected chi connectivity index (χ4v) is 3.62. The number of amides is 3. The lowest BCUT2D eigenvalue weighted by Gasteiger charge is -2.30. The van der Waals surface area contributed by atoms with Crippen molar-refractivity contribution in [3.05, 3.63) is 48.5 Å². The molecule has 1 aliphatic rings. The molecule has 0 saturated heterocycles. The van der Waals surface area contributed by atoms with Crippen LogP contribution in [0.5, 0.6) is 5.75 Å². The zero-order chi connectivity index (χ0) is 22.4. The minimum Gasteiger partial charge on any atom is -0.497 e. The van der Waals surface area contributed by atoms with Gasteiger partial charge in [0.2, 0.25) is 17.7 Å². The summed E-state index contributed by atoms with van der Waals surface area (Å²) in [7, 11) is 1.57. The number of anilines is 3. The predicted octanol–water partition coefficient (Wildman–Crippen LogP) is 2.72. The number of nitrogens with one attached hydrogen (secondary N) is 2. The summed E-state index contributed by atoms with van der Waals surface area (Å²) in [6.07, 6.45) is 0.211. The Morgan fingerprint density at radius 3 is 2.71 bits per heavy atom. The SMILES string of the molecule is CCN(CC(=O)Nc1cccc(OC)c1)CC(=O)N1c2ccccc2NC(=O)C[C@H]1C. The van der Waals surface area contributed by atoms with E-state index in [1.807, 2.05) is 32.0 Å². The van der Waals surface area contributed by atoms with Gasteiger partial charge in [0, 0.05) is 24.2 Å². The molecule has 0 saturated carbocycles. The second-order valence-corrected chi connectivity index (χ2v) is 7.47. The van der Waals surface area contributed by atoms with E-state index in [2.05, 4.69) is 10.6 Å². The second-order valence-electron chi connectivity index (χ2n) is 7.47. The Morgan fingerprint density at radius 1 is 1.19 bits per heavy atom. The van der Waals surface area contributed by atoms with Crippen LogP contribution >= 0.6 is 0 Å². The number of benzene rings is 2. The molecule has 1 atom stereocenters. The van der Waals surface area contributed by atoms with Gasteiger partial charge in [-0.3, -0.25) is 19.3 Å². The van der Waals surface area contributed by atoms with Gasteiger partial charge in [-0.15, -0.1) is 0 Å². The number of para-hydroxylation sites is 2. The van der Waals surface area contributed by atoms with Crippen molar-refractivity contribution in [2.45, 2.75) is 26.3 Å². The predicted molar refractivity (Wildman–Crippen MR) is 120 cm³/mol. The molecule has 1 heterocycles. The number of carbonyl (C=O) groups excluding carboxylic acids is 3. The zero-order valence-electron chi connectivity index (χ0n) is 18.1. The third-order valence-electron chi connectivity index (χ3n) is 5.15. The van der Waals surface area contributed by atoms with Gasteiger partial charge in [0.15, 0.2) is 0 Å². The normalized spacial score (nSPS) is 15.7. The van der Waals surface area contributed by atoms with E-state index in [0.717, 1.165) is 0 Å². The van der Waals surface area contributed by atoms with Crippen molar-refractivity contribution >= 4 is 34.8 Å². The molecule has 31 heavy (non-hydrogen) atoms. The van der Waals surface area contributed by atoms with Gasteiger partial charge in [-0.1, -0.05) is 25.1 Å². The average Bonchev–Trinajstić information content (AvgIpc) is 2.87. The lowest BCUT2D eigenvalue weighted by atomic mass is 10.1. The lowest BCUT2D eigenvalue weighted by molar-refractivity contribution is -0.121. The first-order valence-corrected chi connectivity index (χ1v) is 10.3. The summed E-state index contributed by atoms with van der Waals surface area (Å²) in [4.78, 5) is 41.3. The minimum atomic E-state index is -0.291. The monoisotopic (exact) mass is 424 g/mol. The van der Waals surface area contributed by atoms with E-state index in [1.54, 1.807) is 47.2 Å². The maximum atomic E-state index is 13.2. The standard InChI is InChI=1S/C23H28N4O4/c1-4-26(14-22(29)24-17-8-7-9-18(13-17)31-3)15-23(30)27-16(2)12-21(28)25-19-10-5-6-11-20(19)27/h5-11,13,16H,4,12,14-15H2,1-3H3,(H,24,29)(H,25,28)/t16-/m1/s1. The van der Waals surface area contributed by atoms with Crippen LogP contribution in [0, 0.1) is 0 Å². The molecule has 2 N–H and O–H groups in total. The van der Waals surface area contributed by atoms with Gasteiger partial charge in [-0.05, 0) is 37.7 Å². The summed E-state index contributed by atoms with van der Waals surface area (Å²) in [5.74, 6) is 0.147. The molecule has 8 heteroatoms. The first-order valence-electron chi connectivity index (χ1n) is 10.3. The Kier molecular flexibility index (Phi) is 7.25. The fourth-order valence-electron chi connectivity index (χ4n) is 3.62. The van der Waals surface area contributed by atoms with E-state index in [1.165, 1.54) is 0 Å². The number of rotatable bonds is 7. The average molecular weight is 425 g/mol. The van der Waals surface area contributed by atoms with Crippen LogP contribution in [0.3, 0.4) is 0 Å². The summed E-state index contributed by atoms with van der Waals surface area (Å²) in [5, 5.41) is 5.69. The molecule has 1 aliphatic heterocycles. The smallest absolute Gasteiger partial charge is 0.241 e. The minimum absolute atomic E-state index is 0.0644. The van der Waals surface area contributed by atoms with Crippen LogP contribution in [0.1, 0.15) is 20.3 Å². The van der Waals surface area contributed by atoms with Gasteiger partial charge < -0.3 is 20.3 Å². The molecule has 8 nitrogen and oxygen atoms in total. The number of fused-ring (bicyclic) bond motifs is 1. The van der Waals surface area contributed by atoms with Crippen LogP contribution in [-0.2, 0) is 14.4 Å². The first-order chi connectivity index (χ1) is 14.9. The van der Waals surface area contributed by atoms with E-state index >= 15 is 0 Å². The Morgan fingerprint density at radius 2 is 1.97 bits per heavy atom. The van der Waals surface area contributed by atoms with Crippen LogP contribution in [-0.4, -0.2) is 55.4 Å². The summed E-state index contributed by atoms with van der Waals surface area (Å²) in [6, 6.07) is 14.1. The molecule has 0 radical (unpaired) electrons. The quantitative estimate of drug-likeness (QED) is 0.713. The van der Waals surface area contributed by atoms with Crippen molar-refractivity contribution in [1.29, 1.82) is 0 Å². The first kappa shape index (κ1) is 22.3. The van der Waals surface area contributed by atoms with E-state index in [0.29, 0.717) is 29.4 Å². The third-order valence-corrected chi connectivity index (χ3v) is 5.15. The maximum Gasteiger partial charge on any atom is 0.241 e. The molecule has 2 aromatic rings. The van der Waals surface area contributed by atoms with E-state index in [-0.39, 0.29) is 43.3 Å². The summed E-state index contributed by atoms with van der Waals surface area (Å²) in [5.41, 5.74) is 1.91. The van der Waals surface area contributed by atoms with Crippen molar-refractivity contribution in [2.24, 2.45) is 0 Å². The molecular weight excluding hydrogens is 396 g/mol. The molecule has 0 bridgehead atoms. The number of likely N-dealkylation sites (N-methyl/N-ethyl adjacent to an activating group) is 1. The van der Waals surface area contributed by atoms with Gasteiger partial charge >= 0.3 is 0 Å². The summed E-state index contributed by atoms with van der Waals surface area (Å²) >= 11 is 0. The van der Waals surface area contributed by atoms with Gasteiger partial charge in [0.05, 0.1) is 31.6 Å². The summed E-state index contributed by atoms with van der Waals surface area (Å²) < 4.78 is 5.17. The van der Waals surface area contributed by atoms with E-state index in [9.17, 15) is 14.4 Å². The molecule has 0 aliphatic carbocycles. The molecule has 2 aromatic carbocycles. The Hall–Kier alpha value is -3.39. The highest BCUT2D eigenvalue weighted by molar-refractivity contribution is 6.05. The molecule has 0 spiro atoms. The number of hydrogen-bond acceptors (Lipinski definition) is 5. The van der Waals surface area contributed by atoms with E-state index < -0.39 is 0 Å². The Bertz CT molecular complexity index is 962. The third kappa shape index (κ3) is 5.61. The van der Waals surface area contributed by atoms with Crippen molar-refractivity contribution in [3.63, 3.8) is 0 Å². The number of methoxy groups -OCH3 is 1. The second kappa shape index (κ2) is 10.1. The fraction of sp³-hybridized carbons (Fsp3) is 0.348. The molecule has 164 valence electrons. The van der Waals surface area contributed by atoms with Crippen LogP contribution in [0.4, 0.5) is 17.1 Å². The van der Waals surface area contributed by atoms with Crippen LogP contribution in [0.15, 0.2) is 48.5 Å². The van der Waals surface area contributed by atoms with Crippen LogP contribution in [0.2, 0.25) is 0 Å². The Labute approximate surface area is 182 Å². The molecule has 3 rings (SSSR count). The topological polar surface area (TPSA) is 91.0 Å². The summed E-state index contributed by atoms with van der Waals surface area (Å²) in [6.45, 7) is 4.41. The number of nitrogens with zero attached hydrogens (tertiary/aromatic N) is 2. The Balaban J connectivity index is 1.68. The maximum absolute atomic E-state index is 13.2. The van der Waals surface area contributed by atoms with Gasteiger partial charge in [-0.25, -0.2) is 0 Å². The van der Waals surface area contributed by atoms with Gasteiger partial charge in [0.1, 0.15) is 5.75 Å². The molecular formula is C23H28N4O4. The molecule has 0 aromatic heterocycles. The van der Waals surface area contributed by atoms with Crippen LogP contribution < -0.4 is 20.3 Å². The highest BCUT2D eigenvalue weighted by atomic mass is 16.5. The van der Waals surface area contributed by atoms with Crippen LogP contribution in [0.25, 0.3) is 0 Å². The number of carbonyl (C=O) groups is 3. The largest absolute Gasteiger partial charge is 0.497 e. The number of hydrogen-bond donors (Lipinski definition) is 2. The highest BCUT2D eigenvalue weighted by Gasteiger charge is 2.30. The van der Waals surface area contributed by atoms with E-state index in [4.69, 9.17) is 4.74 Å². The van der Waals surface area contributed by atoms with Crippen molar-refractivity contribution in [3.8, 4) is 5.75 Å². The molecule has 0 unspecified atom stereocenters. The van der Waals surface area contributed by atoms with Gasteiger partial charge in [-0.2, -0.15) is 0 Å². The number of ether oxygens (including phenoxy) is 1.